The zero-order valence-electron chi connectivity index (χ0n) is 12.0. The van der Waals surface area contributed by atoms with Gasteiger partial charge in [0.2, 0.25) is 0 Å². The fraction of sp³-hybridized carbons (Fsp3) is 0.467. The highest BCUT2D eigenvalue weighted by molar-refractivity contribution is 6.00. The van der Waals surface area contributed by atoms with Gasteiger partial charge < -0.3 is 20.1 Å². The minimum absolute atomic E-state index is 0.00537. The molecule has 1 aromatic carbocycles. The van der Waals surface area contributed by atoms with Gasteiger partial charge >= 0.3 is 6.09 Å². The van der Waals surface area contributed by atoms with E-state index in [0.29, 0.717) is 24.4 Å². The lowest BCUT2D eigenvalue weighted by Gasteiger charge is -2.29. The number of benzene rings is 1. The quantitative estimate of drug-likeness (QED) is 0.864. The lowest BCUT2D eigenvalue weighted by atomic mass is 9.84. The lowest BCUT2D eigenvalue weighted by molar-refractivity contribution is 0.0918. The summed E-state index contributed by atoms with van der Waals surface area (Å²) in [5.41, 5.74) is 2.54. The molecular formula is C15H18N2O4. The summed E-state index contributed by atoms with van der Waals surface area (Å²) in [5, 5.41) is 12.1. The topological polar surface area (TPSA) is 78.9 Å². The third-order valence-electron chi connectivity index (χ3n) is 4.35. The van der Waals surface area contributed by atoms with Gasteiger partial charge in [-0.3, -0.25) is 4.79 Å². The van der Waals surface area contributed by atoms with Crippen LogP contribution in [0.25, 0.3) is 0 Å². The number of rotatable bonds is 2. The van der Waals surface area contributed by atoms with Gasteiger partial charge in [0, 0.05) is 19.0 Å². The van der Waals surface area contributed by atoms with Crippen LogP contribution >= 0.6 is 0 Å². The summed E-state index contributed by atoms with van der Waals surface area (Å²) in [4.78, 5) is 24.9. The maximum Gasteiger partial charge on any atom is 0.407 e. The third kappa shape index (κ3) is 2.11. The van der Waals surface area contributed by atoms with Crippen LogP contribution in [0.3, 0.4) is 0 Å². The number of carbonyl (C=O) groups is 2. The van der Waals surface area contributed by atoms with Crippen molar-refractivity contribution in [2.45, 2.75) is 25.3 Å². The van der Waals surface area contributed by atoms with Crippen LogP contribution in [0.2, 0.25) is 0 Å². The van der Waals surface area contributed by atoms with Gasteiger partial charge in [-0.2, -0.15) is 0 Å². The van der Waals surface area contributed by atoms with Crippen molar-refractivity contribution in [3.8, 4) is 5.75 Å². The minimum Gasteiger partial charge on any atom is -0.496 e. The largest absolute Gasteiger partial charge is 0.496 e. The van der Waals surface area contributed by atoms with Crippen LogP contribution in [-0.2, 0) is 6.42 Å². The van der Waals surface area contributed by atoms with E-state index < -0.39 is 6.09 Å². The van der Waals surface area contributed by atoms with Crippen LogP contribution in [0.1, 0.15) is 34.3 Å². The Morgan fingerprint density at radius 1 is 1.48 bits per heavy atom. The van der Waals surface area contributed by atoms with E-state index in [-0.39, 0.29) is 17.9 Å². The second-order valence-corrected chi connectivity index (χ2v) is 5.49. The number of nitrogens with zero attached hydrogens (tertiary/aromatic N) is 1. The van der Waals surface area contributed by atoms with Crippen molar-refractivity contribution >= 4 is 12.0 Å². The first-order chi connectivity index (χ1) is 10.0. The van der Waals surface area contributed by atoms with Crippen molar-refractivity contribution in [2.24, 2.45) is 0 Å². The molecule has 112 valence electrons. The van der Waals surface area contributed by atoms with Gasteiger partial charge in [-0.1, -0.05) is 13.0 Å². The van der Waals surface area contributed by atoms with Crippen molar-refractivity contribution < 1.29 is 19.4 Å². The summed E-state index contributed by atoms with van der Waals surface area (Å²) in [6.45, 7) is 2.78. The van der Waals surface area contributed by atoms with Crippen molar-refractivity contribution in [1.82, 2.24) is 10.2 Å². The molecule has 2 amide bonds. The standard InChI is InChI=1S/C15H18N2O4/c1-3-8-4-9-10-6-17(15(19)20)7-11(10)16-14(18)13(9)12(5-8)21-2/h4-5,10-11H,3,6-7H2,1-2H3,(H,16,18)(H,19,20). The molecule has 2 aliphatic heterocycles. The molecule has 2 aliphatic rings. The molecular weight excluding hydrogens is 272 g/mol. The Labute approximate surface area is 122 Å². The molecule has 0 radical (unpaired) electrons. The highest BCUT2D eigenvalue weighted by atomic mass is 16.5. The van der Waals surface area contributed by atoms with Crippen molar-refractivity contribution in [1.29, 1.82) is 0 Å². The molecule has 0 bridgehead atoms. The molecule has 1 aromatic rings. The van der Waals surface area contributed by atoms with Crippen molar-refractivity contribution in [3.05, 3.63) is 28.8 Å². The summed E-state index contributed by atoms with van der Waals surface area (Å²) in [6.07, 6.45) is -0.107. The molecule has 2 unspecified atom stereocenters. The summed E-state index contributed by atoms with van der Waals surface area (Å²) >= 11 is 0. The summed E-state index contributed by atoms with van der Waals surface area (Å²) < 4.78 is 5.36. The van der Waals surface area contributed by atoms with E-state index in [1.165, 1.54) is 4.90 Å². The van der Waals surface area contributed by atoms with E-state index in [1.54, 1.807) is 7.11 Å². The average molecular weight is 290 g/mol. The number of methoxy groups -OCH3 is 1. The van der Waals surface area contributed by atoms with Gasteiger partial charge in [-0.15, -0.1) is 0 Å². The Balaban J connectivity index is 2.09. The van der Waals surface area contributed by atoms with Crippen LogP contribution < -0.4 is 10.1 Å². The molecule has 0 saturated carbocycles. The molecule has 0 aromatic heterocycles. The van der Waals surface area contributed by atoms with E-state index in [0.717, 1.165) is 17.5 Å². The molecule has 6 heteroatoms. The molecule has 21 heavy (non-hydrogen) atoms. The number of ether oxygens (including phenoxy) is 1. The van der Waals surface area contributed by atoms with Gasteiger partial charge in [0.1, 0.15) is 5.75 Å². The number of fused-ring (bicyclic) bond motifs is 3. The smallest absolute Gasteiger partial charge is 0.407 e. The number of hydrogen-bond acceptors (Lipinski definition) is 3. The zero-order chi connectivity index (χ0) is 15.1. The maximum absolute atomic E-state index is 12.3. The number of carboxylic acid groups (broad SMARTS) is 1. The molecule has 1 fully saturated rings. The molecule has 6 nitrogen and oxygen atoms in total. The van der Waals surface area contributed by atoms with Gasteiger partial charge in [0.25, 0.3) is 5.91 Å². The van der Waals surface area contributed by atoms with Crippen LogP contribution in [0.5, 0.6) is 5.75 Å². The third-order valence-corrected chi connectivity index (χ3v) is 4.35. The van der Waals surface area contributed by atoms with Crippen LogP contribution in [-0.4, -0.2) is 48.2 Å². The number of carbonyl (C=O) groups excluding carboxylic acids is 1. The Hall–Kier alpha value is -2.24. The fourth-order valence-corrected chi connectivity index (χ4v) is 3.26. The van der Waals surface area contributed by atoms with E-state index in [1.807, 2.05) is 19.1 Å². The Bertz CT molecular complexity index is 614. The number of aryl methyl sites for hydroxylation is 1. The second-order valence-electron chi connectivity index (χ2n) is 5.49. The SMILES string of the molecule is CCc1cc(OC)c2c(c1)C1CN(C(=O)O)CC1NC2=O. The number of nitrogens with one attached hydrogen (secondary N) is 1. The second kappa shape index (κ2) is 4.95. The van der Waals surface area contributed by atoms with E-state index in [2.05, 4.69) is 5.32 Å². The van der Waals surface area contributed by atoms with Gasteiger partial charge in [0.15, 0.2) is 0 Å². The normalized spacial score (nSPS) is 23.3. The number of hydrogen-bond donors (Lipinski definition) is 2. The van der Waals surface area contributed by atoms with E-state index in [4.69, 9.17) is 9.84 Å². The molecule has 0 spiro atoms. The monoisotopic (exact) mass is 290 g/mol. The average Bonchev–Trinajstić information content (AvgIpc) is 2.90. The number of amides is 2. The van der Waals surface area contributed by atoms with Crippen LogP contribution in [0.15, 0.2) is 12.1 Å². The van der Waals surface area contributed by atoms with Gasteiger partial charge in [-0.25, -0.2) is 4.79 Å². The predicted molar refractivity (Wildman–Crippen MR) is 76.0 cm³/mol. The van der Waals surface area contributed by atoms with E-state index >= 15 is 0 Å². The van der Waals surface area contributed by atoms with Gasteiger partial charge in [0.05, 0.1) is 18.7 Å². The van der Waals surface area contributed by atoms with Gasteiger partial charge in [-0.05, 0) is 23.6 Å². The fourth-order valence-electron chi connectivity index (χ4n) is 3.26. The molecule has 3 rings (SSSR count). The summed E-state index contributed by atoms with van der Waals surface area (Å²) in [5.74, 6) is 0.376. The first kappa shape index (κ1) is 13.7. The van der Waals surface area contributed by atoms with E-state index in [9.17, 15) is 9.59 Å². The molecule has 1 saturated heterocycles. The highest BCUT2D eigenvalue weighted by Crippen LogP contribution is 2.38. The Kier molecular flexibility index (Phi) is 3.23. The lowest BCUT2D eigenvalue weighted by Crippen LogP contribution is -2.44. The zero-order valence-corrected chi connectivity index (χ0v) is 12.0. The van der Waals surface area contributed by atoms with Crippen molar-refractivity contribution in [3.63, 3.8) is 0 Å². The molecule has 2 heterocycles. The Morgan fingerprint density at radius 3 is 2.86 bits per heavy atom. The number of likely N-dealkylation sites (tertiary alicyclic amines) is 1. The molecule has 2 atom stereocenters. The minimum atomic E-state index is -0.946. The van der Waals surface area contributed by atoms with Crippen LogP contribution in [0, 0.1) is 0 Å². The maximum atomic E-state index is 12.3. The van der Waals surface area contributed by atoms with Crippen molar-refractivity contribution in [2.75, 3.05) is 20.2 Å². The molecule has 0 aliphatic carbocycles. The highest BCUT2D eigenvalue weighted by Gasteiger charge is 2.43. The predicted octanol–water partition coefficient (Wildman–Crippen LogP) is 1.45. The Morgan fingerprint density at radius 2 is 2.24 bits per heavy atom. The summed E-state index contributed by atoms with van der Waals surface area (Å²) in [7, 11) is 1.55. The van der Waals surface area contributed by atoms with Crippen LogP contribution in [0.4, 0.5) is 4.79 Å². The first-order valence-electron chi connectivity index (χ1n) is 7.04. The summed E-state index contributed by atoms with van der Waals surface area (Å²) in [6, 6.07) is 3.74. The first-order valence-corrected chi connectivity index (χ1v) is 7.04. The molecule has 2 N–H and O–H groups in total.